The van der Waals surface area contributed by atoms with Crippen LogP contribution in [0.2, 0.25) is 0 Å². The Morgan fingerprint density at radius 1 is 1.00 bits per heavy atom. The Hall–Kier alpha value is -2.54. The van der Waals surface area contributed by atoms with Crippen molar-refractivity contribution in [2.75, 3.05) is 14.2 Å². The van der Waals surface area contributed by atoms with Crippen molar-refractivity contribution in [1.29, 1.82) is 0 Å². The number of thiophene rings is 1. The summed E-state index contributed by atoms with van der Waals surface area (Å²) in [6.07, 6.45) is 7.01. The highest BCUT2D eigenvalue weighted by atomic mass is 32.1. The second-order valence-corrected chi connectivity index (χ2v) is 7.97. The minimum absolute atomic E-state index is 0.0917. The molecular weight excluding hydrogens is 376 g/mol. The maximum Gasteiger partial charge on any atom is 0.279 e. The fourth-order valence-electron chi connectivity index (χ4n) is 3.36. The molecule has 150 valence electrons. The molecule has 2 amide bonds. The van der Waals surface area contributed by atoms with E-state index in [2.05, 4.69) is 10.9 Å². The second kappa shape index (κ2) is 9.59. The Morgan fingerprint density at radius 2 is 1.79 bits per heavy atom. The van der Waals surface area contributed by atoms with Gasteiger partial charge in [0.1, 0.15) is 11.5 Å². The first-order valence-electron chi connectivity index (χ1n) is 9.52. The van der Waals surface area contributed by atoms with Crippen LogP contribution < -0.4 is 20.3 Å². The van der Waals surface area contributed by atoms with Gasteiger partial charge in [-0.2, -0.15) is 0 Å². The van der Waals surface area contributed by atoms with Gasteiger partial charge in [-0.15, -0.1) is 11.3 Å². The molecule has 1 aliphatic rings. The predicted octanol–water partition coefficient (Wildman–Crippen LogP) is 3.43. The maximum absolute atomic E-state index is 12.4. The van der Waals surface area contributed by atoms with E-state index in [4.69, 9.17) is 9.47 Å². The number of hydrogen-bond acceptors (Lipinski definition) is 5. The third-order valence-corrected chi connectivity index (χ3v) is 6.12. The number of amides is 2. The van der Waals surface area contributed by atoms with Gasteiger partial charge >= 0.3 is 0 Å². The molecule has 2 N–H and O–H groups in total. The SMILES string of the molecule is COc1ccc(CC(=O)NNC(=O)c2cc3c(s2)CCCCCC3)c(OC)c1. The van der Waals surface area contributed by atoms with Crippen molar-refractivity contribution in [1.82, 2.24) is 10.9 Å². The fraction of sp³-hybridized carbons (Fsp3) is 0.429. The Labute approximate surface area is 169 Å². The molecule has 28 heavy (non-hydrogen) atoms. The van der Waals surface area contributed by atoms with E-state index in [9.17, 15) is 9.59 Å². The van der Waals surface area contributed by atoms with Crippen molar-refractivity contribution >= 4 is 23.2 Å². The lowest BCUT2D eigenvalue weighted by atomic mass is 10.00. The number of methoxy groups -OCH3 is 2. The van der Waals surface area contributed by atoms with Gasteiger partial charge in [0.25, 0.3) is 5.91 Å². The molecule has 0 saturated carbocycles. The first-order valence-corrected chi connectivity index (χ1v) is 10.3. The molecule has 7 heteroatoms. The zero-order valence-electron chi connectivity index (χ0n) is 16.3. The highest BCUT2D eigenvalue weighted by molar-refractivity contribution is 7.14. The summed E-state index contributed by atoms with van der Waals surface area (Å²) in [7, 11) is 3.11. The summed E-state index contributed by atoms with van der Waals surface area (Å²) in [5.74, 6) is 0.639. The highest BCUT2D eigenvalue weighted by Crippen LogP contribution is 2.28. The molecule has 1 heterocycles. The minimum Gasteiger partial charge on any atom is -0.497 e. The molecule has 0 aliphatic heterocycles. The van der Waals surface area contributed by atoms with E-state index in [0.717, 1.165) is 12.8 Å². The number of ether oxygens (including phenoxy) is 2. The van der Waals surface area contributed by atoms with Crippen LogP contribution in [0.3, 0.4) is 0 Å². The Morgan fingerprint density at radius 3 is 2.54 bits per heavy atom. The van der Waals surface area contributed by atoms with Crippen molar-refractivity contribution in [2.45, 2.75) is 44.9 Å². The highest BCUT2D eigenvalue weighted by Gasteiger charge is 2.17. The molecule has 1 aliphatic carbocycles. The van der Waals surface area contributed by atoms with Crippen molar-refractivity contribution in [3.05, 3.63) is 45.1 Å². The van der Waals surface area contributed by atoms with E-state index in [0.29, 0.717) is 21.9 Å². The molecule has 2 aromatic rings. The van der Waals surface area contributed by atoms with Gasteiger partial charge in [0.15, 0.2) is 0 Å². The second-order valence-electron chi connectivity index (χ2n) is 6.83. The van der Waals surface area contributed by atoms with E-state index in [1.807, 2.05) is 6.07 Å². The predicted molar refractivity (Wildman–Crippen MR) is 109 cm³/mol. The van der Waals surface area contributed by atoms with Gasteiger partial charge < -0.3 is 9.47 Å². The summed E-state index contributed by atoms with van der Waals surface area (Å²) in [5.41, 5.74) is 7.02. The third-order valence-electron chi connectivity index (χ3n) is 4.88. The van der Waals surface area contributed by atoms with Crippen LogP contribution in [0.1, 0.15) is 51.4 Å². The Balaban J connectivity index is 1.57. The average Bonchev–Trinajstić information content (AvgIpc) is 3.08. The normalized spacial score (nSPS) is 13.6. The summed E-state index contributed by atoms with van der Waals surface area (Å²) < 4.78 is 10.5. The van der Waals surface area contributed by atoms with Crippen LogP contribution in [0.5, 0.6) is 11.5 Å². The monoisotopic (exact) mass is 402 g/mol. The van der Waals surface area contributed by atoms with Gasteiger partial charge in [-0.25, -0.2) is 0 Å². The minimum atomic E-state index is -0.313. The Bertz CT molecular complexity index is 821. The topological polar surface area (TPSA) is 76.7 Å². The summed E-state index contributed by atoms with van der Waals surface area (Å²) in [5, 5.41) is 0. The number of carbonyl (C=O) groups excluding carboxylic acids is 2. The summed E-state index contributed by atoms with van der Waals surface area (Å²) in [6.45, 7) is 0. The lowest BCUT2D eigenvalue weighted by molar-refractivity contribution is -0.121. The standard InChI is InChI=1S/C21H26N2O4S/c1-26-16-10-9-14(17(13-16)27-2)12-20(24)22-23-21(25)19-11-15-7-5-3-4-6-8-18(15)28-19/h9-11,13H,3-8,12H2,1-2H3,(H,22,24)(H,23,25). The fourth-order valence-corrected chi connectivity index (χ4v) is 4.51. The number of aryl methyl sites for hydroxylation is 2. The van der Waals surface area contributed by atoms with Gasteiger partial charge in [-0.05, 0) is 43.4 Å². The number of hydrogen-bond donors (Lipinski definition) is 2. The molecule has 0 fully saturated rings. The first-order chi connectivity index (χ1) is 13.6. The van der Waals surface area contributed by atoms with Crippen LogP contribution in [-0.2, 0) is 24.1 Å². The number of carbonyl (C=O) groups is 2. The molecule has 6 nitrogen and oxygen atoms in total. The van der Waals surface area contributed by atoms with Crippen molar-refractivity contribution in [3.63, 3.8) is 0 Å². The number of nitrogens with one attached hydrogen (secondary N) is 2. The third kappa shape index (κ3) is 5.04. The Kier molecular flexibility index (Phi) is 6.92. The van der Waals surface area contributed by atoms with Gasteiger partial charge in [0.2, 0.25) is 5.91 Å². The molecule has 0 atom stereocenters. The lowest BCUT2D eigenvalue weighted by Crippen LogP contribution is -2.42. The number of rotatable bonds is 5. The molecule has 0 radical (unpaired) electrons. The molecule has 1 aromatic carbocycles. The van der Waals surface area contributed by atoms with Gasteiger partial charge in [0.05, 0.1) is 25.5 Å². The number of benzene rings is 1. The molecule has 0 spiro atoms. The van der Waals surface area contributed by atoms with Crippen LogP contribution >= 0.6 is 11.3 Å². The van der Waals surface area contributed by atoms with E-state index in [-0.39, 0.29) is 18.2 Å². The maximum atomic E-state index is 12.4. The largest absolute Gasteiger partial charge is 0.497 e. The van der Waals surface area contributed by atoms with E-state index < -0.39 is 0 Å². The van der Waals surface area contributed by atoms with Gasteiger partial charge in [-0.3, -0.25) is 20.4 Å². The zero-order valence-corrected chi connectivity index (χ0v) is 17.1. The van der Waals surface area contributed by atoms with E-state index in [1.54, 1.807) is 32.4 Å². The van der Waals surface area contributed by atoms with Crippen LogP contribution in [0, 0.1) is 0 Å². The van der Waals surface area contributed by atoms with E-state index in [1.165, 1.54) is 47.5 Å². The van der Waals surface area contributed by atoms with Gasteiger partial charge in [-0.1, -0.05) is 18.9 Å². The number of fused-ring (bicyclic) bond motifs is 1. The molecular formula is C21H26N2O4S. The zero-order chi connectivity index (χ0) is 19.9. The smallest absolute Gasteiger partial charge is 0.279 e. The summed E-state index contributed by atoms with van der Waals surface area (Å²) in [6, 6.07) is 7.24. The van der Waals surface area contributed by atoms with Crippen LogP contribution in [0.15, 0.2) is 24.3 Å². The molecule has 3 rings (SSSR count). The molecule has 1 aromatic heterocycles. The molecule has 0 bridgehead atoms. The first kappa shape index (κ1) is 20.2. The van der Waals surface area contributed by atoms with E-state index >= 15 is 0 Å². The van der Waals surface area contributed by atoms with Crippen molar-refractivity contribution in [2.24, 2.45) is 0 Å². The average molecular weight is 403 g/mol. The lowest BCUT2D eigenvalue weighted by Gasteiger charge is -2.11. The summed E-state index contributed by atoms with van der Waals surface area (Å²) in [4.78, 5) is 26.6. The quantitative estimate of drug-likeness (QED) is 0.752. The van der Waals surface area contributed by atoms with Crippen molar-refractivity contribution < 1.29 is 19.1 Å². The summed E-state index contributed by atoms with van der Waals surface area (Å²) >= 11 is 1.53. The number of hydrazine groups is 1. The molecule has 0 unspecified atom stereocenters. The van der Waals surface area contributed by atoms with Gasteiger partial charge in [0, 0.05) is 16.5 Å². The molecule has 0 saturated heterocycles. The van der Waals surface area contributed by atoms with Crippen LogP contribution in [-0.4, -0.2) is 26.0 Å². The van der Waals surface area contributed by atoms with Crippen molar-refractivity contribution in [3.8, 4) is 11.5 Å². The van der Waals surface area contributed by atoms with Crippen LogP contribution in [0.25, 0.3) is 0 Å². The van der Waals surface area contributed by atoms with Crippen LogP contribution in [0.4, 0.5) is 0 Å².